The Balaban J connectivity index is 1.60. The number of carbonyl (C=O) groups is 2. The highest BCUT2D eigenvalue weighted by Gasteiger charge is 2.26. The number of thiazole rings is 1. The minimum Gasteiger partial charge on any atom is -0.452 e. The standard InChI is InChI=1S/C22H25FN2O3S/c1-16-24-19(15-29-16)11-12-22(27)28-14-21(26)25(20-5-3-2-4-6-20)13-17-7-9-18(23)10-8-17/h7-12,15,20H,2-6,13-14H2,1H3/b12-11+. The predicted molar refractivity (Wildman–Crippen MR) is 111 cm³/mol. The quantitative estimate of drug-likeness (QED) is 0.492. The van der Waals surface area contributed by atoms with Crippen LogP contribution in [0.15, 0.2) is 35.7 Å². The fraction of sp³-hybridized carbons (Fsp3) is 0.409. The van der Waals surface area contributed by atoms with Crippen LogP contribution in [0.4, 0.5) is 4.39 Å². The van der Waals surface area contributed by atoms with E-state index in [-0.39, 0.29) is 24.4 Å². The molecule has 0 aliphatic heterocycles. The number of hydrogen-bond acceptors (Lipinski definition) is 5. The molecule has 1 fully saturated rings. The second kappa shape index (κ2) is 10.3. The molecule has 0 radical (unpaired) electrons. The molecule has 1 heterocycles. The van der Waals surface area contributed by atoms with Gasteiger partial charge in [-0.15, -0.1) is 11.3 Å². The number of esters is 1. The molecule has 1 aliphatic carbocycles. The van der Waals surface area contributed by atoms with Gasteiger partial charge in [-0.05, 0) is 43.5 Å². The number of aryl methyl sites for hydroxylation is 1. The van der Waals surface area contributed by atoms with Crippen molar-refractivity contribution in [2.45, 2.75) is 51.6 Å². The van der Waals surface area contributed by atoms with Crippen molar-refractivity contribution < 1.29 is 18.7 Å². The van der Waals surface area contributed by atoms with Crippen LogP contribution in [0.1, 0.15) is 48.4 Å². The van der Waals surface area contributed by atoms with Crippen LogP contribution >= 0.6 is 11.3 Å². The summed E-state index contributed by atoms with van der Waals surface area (Å²) in [6, 6.07) is 6.27. The molecule has 154 valence electrons. The van der Waals surface area contributed by atoms with Gasteiger partial charge in [-0.25, -0.2) is 14.2 Å². The molecule has 0 unspecified atom stereocenters. The summed E-state index contributed by atoms with van der Waals surface area (Å²) < 4.78 is 18.4. The monoisotopic (exact) mass is 416 g/mol. The van der Waals surface area contributed by atoms with E-state index in [9.17, 15) is 14.0 Å². The Kier molecular flexibility index (Phi) is 7.52. The Bertz CT molecular complexity index is 857. The molecular formula is C22H25FN2O3S. The van der Waals surface area contributed by atoms with Crippen molar-refractivity contribution in [1.29, 1.82) is 0 Å². The van der Waals surface area contributed by atoms with Gasteiger partial charge in [-0.3, -0.25) is 4.79 Å². The number of rotatable bonds is 7. The first-order chi connectivity index (χ1) is 14.0. The Labute approximate surface area is 174 Å². The number of amides is 1. The van der Waals surface area contributed by atoms with Crippen molar-refractivity contribution in [1.82, 2.24) is 9.88 Å². The van der Waals surface area contributed by atoms with Gasteiger partial charge >= 0.3 is 5.97 Å². The third kappa shape index (κ3) is 6.49. The molecule has 3 rings (SSSR count). The number of halogens is 1. The van der Waals surface area contributed by atoms with Crippen LogP contribution in [0.2, 0.25) is 0 Å². The second-order valence-electron chi connectivity index (χ2n) is 7.17. The number of hydrogen-bond donors (Lipinski definition) is 0. The maximum atomic E-state index is 13.2. The van der Waals surface area contributed by atoms with E-state index in [1.807, 2.05) is 12.3 Å². The van der Waals surface area contributed by atoms with E-state index in [2.05, 4.69) is 4.98 Å². The first kappa shape index (κ1) is 21.2. The van der Waals surface area contributed by atoms with E-state index in [1.165, 1.54) is 36.0 Å². The van der Waals surface area contributed by atoms with E-state index in [0.29, 0.717) is 12.2 Å². The van der Waals surface area contributed by atoms with Crippen LogP contribution in [-0.4, -0.2) is 34.4 Å². The van der Waals surface area contributed by atoms with E-state index in [0.717, 1.165) is 36.3 Å². The molecule has 0 N–H and O–H groups in total. The van der Waals surface area contributed by atoms with Crippen LogP contribution in [0.5, 0.6) is 0 Å². The minimum atomic E-state index is -0.575. The van der Waals surface area contributed by atoms with E-state index < -0.39 is 5.97 Å². The largest absolute Gasteiger partial charge is 0.452 e. The molecule has 1 saturated carbocycles. The Morgan fingerprint density at radius 3 is 2.62 bits per heavy atom. The van der Waals surface area contributed by atoms with Crippen molar-refractivity contribution in [2.24, 2.45) is 0 Å². The lowest BCUT2D eigenvalue weighted by atomic mass is 9.93. The Morgan fingerprint density at radius 1 is 1.24 bits per heavy atom. The molecule has 5 nitrogen and oxygen atoms in total. The summed E-state index contributed by atoms with van der Waals surface area (Å²) in [6.45, 7) is 1.96. The Morgan fingerprint density at radius 2 is 1.97 bits per heavy atom. The van der Waals surface area contributed by atoms with Gasteiger partial charge in [0.1, 0.15) is 5.82 Å². The van der Waals surface area contributed by atoms with E-state index >= 15 is 0 Å². The summed E-state index contributed by atoms with van der Waals surface area (Å²) in [7, 11) is 0. The smallest absolute Gasteiger partial charge is 0.331 e. The van der Waals surface area contributed by atoms with Crippen LogP contribution in [0.3, 0.4) is 0 Å². The van der Waals surface area contributed by atoms with Gasteiger partial charge in [-0.2, -0.15) is 0 Å². The van der Waals surface area contributed by atoms with Crippen molar-refractivity contribution in [3.05, 3.63) is 57.8 Å². The van der Waals surface area contributed by atoms with Gasteiger partial charge in [0, 0.05) is 24.0 Å². The number of aromatic nitrogens is 1. The van der Waals surface area contributed by atoms with Gasteiger partial charge < -0.3 is 9.64 Å². The molecule has 1 aliphatic rings. The number of nitrogens with zero attached hydrogens (tertiary/aromatic N) is 2. The fourth-order valence-electron chi connectivity index (χ4n) is 3.47. The number of ether oxygens (including phenoxy) is 1. The highest BCUT2D eigenvalue weighted by molar-refractivity contribution is 7.09. The topological polar surface area (TPSA) is 59.5 Å². The van der Waals surface area contributed by atoms with Gasteiger partial charge in [0.05, 0.1) is 10.7 Å². The van der Waals surface area contributed by atoms with Crippen LogP contribution in [0.25, 0.3) is 6.08 Å². The lowest BCUT2D eigenvalue weighted by molar-refractivity contribution is -0.150. The molecule has 1 amide bonds. The maximum Gasteiger partial charge on any atom is 0.331 e. The molecule has 0 atom stereocenters. The van der Waals surface area contributed by atoms with E-state index in [1.54, 1.807) is 23.1 Å². The highest BCUT2D eigenvalue weighted by Crippen LogP contribution is 2.24. The summed E-state index contributed by atoms with van der Waals surface area (Å²) >= 11 is 1.50. The zero-order valence-electron chi connectivity index (χ0n) is 16.5. The maximum absolute atomic E-state index is 13.2. The average Bonchev–Trinajstić information content (AvgIpc) is 3.16. The zero-order valence-corrected chi connectivity index (χ0v) is 17.3. The predicted octanol–water partition coefficient (Wildman–Crippen LogP) is 4.51. The van der Waals surface area contributed by atoms with Gasteiger partial charge in [0.2, 0.25) is 0 Å². The zero-order chi connectivity index (χ0) is 20.6. The highest BCUT2D eigenvalue weighted by atomic mass is 32.1. The van der Waals surface area contributed by atoms with Crippen molar-refractivity contribution in [2.75, 3.05) is 6.61 Å². The SMILES string of the molecule is Cc1nc(/C=C/C(=O)OCC(=O)N(Cc2ccc(F)cc2)C2CCCCC2)cs1. The molecule has 1 aromatic carbocycles. The van der Waals surface area contributed by atoms with Crippen LogP contribution < -0.4 is 0 Å². The molecular weight excluding hydrogens is 391 g/mol. The summed E-state index contributed by atoms with van der Waals surface area (Å²) in [6.07, 6.45) is 8.06. The minimum absolute atomic E-state index is 0.119. The molecule has 0 spiro atoms. The fourth-order valence-corrected chi connectivity index (χ4v) is 4.05. The third-order valence-electron chi connectivity index (χ3n) is 4.97. The summed E-state index contributed by atoms with van der Waals surface area (Å²) in [5.74, 6) is -1.11. The molecule has 2 aromatic rings. The summed E-state index contributed by atoms with van der Waals surface area (Å²) in [4.78, 5) is 30.8. The molecule has 7 heteroatoms. The van der Waals surface area contributed by atoms with Crippen molar-refractivity contribution in [3.63, 3.8) is 0 Å². The van der Waals surface area contributed by atoms with E-state index in [4.69, 9.17) is 4.74 Å². The molecule has 0 saturated heterocycles. The van der Waals surface area contributed by atoms with Gasteiger partial charge in [0.15, 0.2) is 6.61 Å². The molecule has 1 aromatic heterocycles. The van der Waals surface area contributed by atoms with Crippen molar-refractivity contribution >= 4 is 29.3 Å². The van der Waals surface area contributed by atoms with Crippen LogP contribution in [-0.2, 0) is 20.9 Å². The molecule has 29 heavy (non-hydrogen) atoms. The van der Waals surface area contributed by atoms with Crippen molar-refractivity contribution in [3.8, 4) is 0 Å². The number of benzene rings is 1. The van der Waals surface area contributed by atoms with Gasteiger partial charge in [0.25, 0.3) is 5.91 Å². The molecule has 0 bridgehead atoms. The summed E-state index contributed by atoms with van der Waals surface area (Å²) in [5, 5.41) is 2.76. The van der Waals surface area contributed by atoms with Gasteiger partial charge in [-0.1, -0.05) is 31.4 Å². The first-order valence-corrected chi connectivity index (χ1v) is 10.7. The third-order valence-corrected chi connectivity index (χ3v) is 5.76. The van der Waals surface area contributed by atoms with Crippen LogP contribution in [0, 0.1) is 12.7 Å². The Hall–Kier alpha value is -2.54. The normalized spacial score (nSPS) is 14.8. The second-order valence-corrected chi connectivity index (χ2v) is 8.23. The lowest BCUT2D eigenvalue weighted by Crippen LogP contribution is -2.43. The number of carbonyl (C=O) groups excluding carboxylic acids is 2. The lowest BCUT2D eigenvalue weighted by Gasteiger charge is -2.34. The summed E-state index contributed by atoms with van der Waals surface area (Å²) in [5.41, 5.74) is 1.55. The first-order valence-electron chi connectivity index (χ1n) is 9.82. The average molecular weight is 417 g/mol.